The zero-order chi connectivity index (χ0) is 9.52. The molecule has 0 amide bonds. The lowest BCUT2D eigenvalue weighted by Gasteiger charge is -2.09. The van der Waals surface area contributed by atoms with Crippen molar-refractivity contribution < 1.29 is 4.52 Å². The van der Waals surface area contributed by atoms with Crippen molar-refractivity contribution in [1.29, 1.82) is 0 Å². The second kappa shape index (κ2) is 6.37. The molecule has 0 radical (unpaired) electrons. The molecule has 13 heavy (non-hydrogen) atoms. The highest BCUT2D eigenvalue weighted by molar-refractivity contribution is 7.86. The van der Waals surface area contributed by atoms with Crippen LogP contribution in [-0.2, 0) is 4.52 Å². The second-order valence-electron chi connectivity index (χ2n) is 2.77. The Morgan fingerprint density at radius 2 is 2.00 bits per heavy atom. The van der Waals surface area contributed by atoms with E-state index in [1.807, 2.05) is 30.3 Å². The molecule has 1 atom stereocenters. The summed E-state index contributed by atoms with van der Waals surface area (Å²) >= 11 is 6.08. The fourth-order valence-electron chi connectivity index (χ4n) is 0.909. The number of halogens is 1. The predicted molar refractivity (Wildman–Crippen MR) is 59.7 cm³/mol. The van der Waals surface area contributed by atoms with E-state index in [0.717, 1.165) is 24.8 Å². The molecule has 0 spiro atoms. The van der Waals surface area contributed by atoms with Crippen LogP contribution in [0.3, 0.4) is 0 Å². The Bertz CT molecular complexity index is 228. The van der Waals surface area contributed by atoms with Crippen molar-refractivity contribution in [3.63, 3.8) is 0 Å². The van der Waals surface area contributed by atoms with E-state index in [1.165, 1.54) is 0 Å². The molecular weight excluding hydrogens is 203 g/mol. The molecule has 0 N–H and O–H groups in total. The lowest BCUT2D eigenvalue weighted by atomic mass is 10.4. The quantitative estimate of drug-likeness (QED) is 0.539. The summed E-state index contributed by atoms with van der Waals surface area (Å²) in [6.45, 7) is 2.91. The molecule has 0 aromatic heterocycles. The van der Waals surface area contributed by atoms with Crippen LogP contribution in [0.4, 0.5) is 0 Å². The Morgan fingerprint density at radius 1 is 1.31 bits per heavy atom. The van der Waals surface area contributed by atoms with Crippen LogP contribution in [0.15, 0.2) is 30.3 Å². The number of rotatable bonds is 5. The van der Waals surface area contributed by atoms with Crippen molar-refractivity contribution in [3.8, 4) is 0 Å². The van der Waals surface area contributed by atoms with Gasteiger partial charge in [0.25, 0.3) is 0 Å². The van der Waals surface area contributed by atoms with Gasteiger partial charge < -0.3 is 4.52 Å². The van der Waals surface area contributed by atoms with Gasteiger partial charge in [-0.1, -0.05) is 54.9 Å². The maximum Gasteiger partial charge on any atom is 0.157 e. The van der Waals surface area contributed by atoms with Gasteiger partial charge in [-0.25, -0.2) is 0 Å². The van der Waals surface area contributed by atoms with Crippen molar-refractivity contribution in [2.75, 3.05) is 6.61 Å². The van der Waals surface area contributed by atoms with E-state index >= 15 is 0 Å². The highest BCUT2D eigenvalue weighted by Gasteiger charge is 2.06. The summed E-state index contributed by atoms with van der Waals surface area (Å²) in [5.74, 6) is 0. The van der Waals surface area contributed by atoms with Gasteiger partial charge in [0.15, 0.2) is 7.50 Å². The average molecular weight is 217 g/mol. The van der Waals surface area contributed by atoms with Crippen molar-refractivity contribution in [1.82, 2.24) is 0 Å². The largest absolute Gasteiger partial charge is 0.340 e. The number of benzene rings is 1. The van der Waals surface area contributed by atoms with Crippen LogP contribution in [0.1, 0.15) is 19.8 Å². The minimum absolute atomic E-state index is 0.764. The first-order chi connectivity index (χ1) is 6.34. The molecule has 0 saturated heterocycles. The van der Waals surface area contributed by atoms with Crippen LogP contribution in [0.5, 0.6) is 0 Å². The number of hydrogen-bond acceptors (Lipinski definition) is 1. The molecule has 1 aromatic carbocycles. The molecule has 0 fully saturated rings. The molecule has 3 heteroatoms. The summed E-state index contributed by atoms with van der Waals surface area (Å²) in [6, 6.07) is 9.96. The number of unbranched alkanes of at least 4 members (excludes halogenated alkanes) is 1. The summed E-state index contributed by atoms with van der Waals surface area (Å²) in [4.78, 5) is 0. The van der Waals surface area contributed by atoms with E-state index in [-0.39, 0.29) is 0 Å². The third-order valence-corrected chi connectivity index (χ3v) is 3.65. The maximum atomic E-state index is 6.08. The van der Waals surface area contributed by atoms with Crippen molar-refractivity contribution in [3.05, 3.63) is 30.3 Å². The highest BCUT2D eigenvalue weighted by Crippen LogP contribution is 2.41. The van der Waals surface area contributed by atoms with E-state index in [1.54, 1.807) is 0 Å². The SMILES string of the molecule is CCCCOP(Cl)c1ccccc1. The van der Waals surface area contributed by atoms with E-state index in [0.29, 0.717) is 0 Å². The molecule has 1 rings (SSSR count). The lowest BCUT2D eigenvalue weighted by molar-refractivity contribution is 0.353. The third-order valence-electron chi connectivity index (χ3n) is 1.66. The first kappa shape index (κ1) is 11.0. The van der Waals surface area contributed by atoms with Crippen molar-refractivity contribution >= 4 is 24.0 Å². The van der Waals surface area contributed by atoms with Gasteiger partial charge in [0.1, 0.15) is 0 Å². The van der Waals surface area contributed by atoms with Gasteiger partial charge in [-0.15, -0.1) is 0 Å². The fraction of sp³-hybridized carbons (Fsp3) is 0.400. The zero-order valence-corrected chi connectivity index (χ0v) is 9.39. The van der Waals surface area contributed by atoms with Gasteiger partial charge >= 0.3 is 0 Å². The molecule has 0 bridgehead atoms. The fourth-order valence-corrected chi connectivity index (χ4v) is 2.30. The summed E-state index contributed by atoms with van der Waals surface area (Å²) in [5, 5.41) is 1.09. The van der Waals surface area contributed by atoms with Gasteiger partial charge in [-0.2, -0.15) is 0 Å². The molecule has 0 aliphatic rings. The first-order valence-corrected chi connectivity index (χ1v) is 6.65. The van der Waals surface area contributed by atoms with Crippen LogP contribution in [-0.4, -0.2) is 6.61 Å². The van der Waals surface area contributed by atoms with Crippen molar-refractivity contribution in [2.24, 2.45) is 0 Å². The average Bonchev–Trinajstić information content (AvgIpc) is 2.19. The molecule has 72 valence electrons. The topological polar surface area (TPSA) is 9.23 Å². The number of hydrogen-bond donors (Lipinski definition) is 0. The molecule has 1 unspecified atom stereocenters. The smallest absolute Gasteiger partial charge is 0.157 e. The molecule has 0 aliphatic carbocycles. The van der Waals surface area contributed by atoms with Gasteiger partial charge in [-0.05, 0) is 6.42 Å². The van der Waals surface area contributed by atoms with E-state index in [4.69, 9.17) is 15.8 Å². The Hall–Kier alpha value is -0.100. The summed E-state index contributed by atoms with van der Waals surface area (Å²) in [5.41, 5.74) is 0. The van der Waals surface area contributed by atoms with Gasteiger partial charge in [0, 0.05) is 5.30 Å². The van der Waals surface area contributed by atoms with Crippen LogP contribution >= 0.6 is 18.7 Å². The predicted octanol–water partition coefficient (Wildman–Crippen LogP) is 3.68. The van der Waals surface area contributed by atoms with Crippen LogP contribution in [0.2, 0.25) is 0 Å². The van der Waals surface area contributed by atoms with E-state index in [9.17, 15) is 0 Å². The molecule has 0 heterocycles. The normalized spacial score (nSPS) is 12.8. The van der Waals surface area contributed by atoms with E-state index in [2.05, 4.69) is 6.92 Å². The van der Waals surface area contributed by atoms with Crippen LogP contribution in [0, 0.1) is 0 Å². The zero-order valence-electron chi connectivity index (χ0n) is 7.74. The van der Waals surface area contributed by atoms with Gasteiger partial charge in [0.2, 0.25) is 0 Å². The molecular formula is C10H14ClOP. The summed E-state index contributed by atoms with van der Waals surface area (Å²) in [7, 11) is -0.915. The summed E-state index contributed by atoms with van der Waals surface area (Å²) in [6.07, 6.45) is 2.23. The third kappa shape index (κ3) is 4.08. The Labute approximate surface area is 85.7 Å². The molecule has 1 aromatic rings. The van der Waals surface area contributed by atoms with E-state index < -0.39 is 7.50 Å². The first-order valence-electron chi connectivity index (χ1n) is 4.48. The monoisotopic (exact) mass is 216 g/mol. The molecule has 0 saturated carbocycles. The Balaban J connectivity index is 2.35. The van der Waals surface area contributed by atoms with Gasteiger partial charge in [0.05, 0.1) is 6.61 Å². The van der Waals surface area contributed by atoms with Crippen LogP contribution in [0.25, 0.3) is 0 Å². The Kier molecular flexibility index (Phi) is 5.38. The second-order valence-corrected chi connectivity index (χ2v) is 4.95. The highest BCUT2D eigenvalue weighted by atomic mass is 35.7. The van der Waals surface area contributed by atoms with Crippen molar-refractivity contribution in [2.45, 2.75) is 19.8 Å². The standard InChI is InChI=1S/C10H14ClOP/c1-2-3-9-12-13(11)10-7-5-4-6-8-10/h4-8H,2-3,9H2,1H3. The minimum atomic E-state index is -0.915. The molecule has 1 nitrogen and oxygen atoms in total. The van der Waals surface area contributed by atoms with Crippen LogP contribution < -0.4 is 5.30 Å². The minimum Gasteiger partial charge on any atom is -0.340 e. The molecule has 0 aliphatic heterocycles. The Morgan fingerprint density at radius 3 is 2.62 bits per heavy atom. The maximum absolute atomic E-state index is 6.08. The lowest BCUT2D eigenvalue weighted by Crippen LogP contribution is -1.99. The summed E-state index contributed by atoms with van der Waals surface area (Å²) < 4.78 is 5.50. The van der Waals surface area contributed by atoms with Gasteiger partial charge in [-0.3, -0.25) is 0 Å².